The van der Waals surface area contributed by atoms with Gasteiger partial charge in [-0.25, -0.2) is 21.5 Å². The molecule has 2 N–H and O–H groups in total. The minimum absolute atomic E-state index is 0.0559. The van der Waals surface area contributed by atoms with Crippen LogP contribution in [0.3, 0.4) is 0 Å². The van der Waals surface area contributed by atoms with Crippen molar-refractivity contribution in [3.63, 3.8) is 0 Å². The number of hydrogen-bond donors (Lipinski definition) is 2. The molecule has 0 spiro atoms. The van der Waals surface area contributed by atoms with Crippen molar-refractivity contribution in [2.75, 3.05) is 13.1 Å². The van der Waals surface area contributed by atoms with E-state index in [1.807, 2.05) is 0 Å². The molecule has 1 unspecified atom stereocenters. The van der Waals surface area contributed by atoms with Crippen LogP contribution in [-0.4, -0.2) is 43.5 Å². The maximum atomic E-state index is 13.6. The first kappa shape index (κ1) is 22.3. The molecule has 0 fully saturated rings. The number of benzene rings is 2. The monoisotopic (exact) mass is 451 g/mol. The normalized spacial score (nSPS) is 15.4. The van der Waals surface area contributed by atoms with Gasteiger partial charge < -0.3 is 10.6 Å². The van der Waals surface area contributed by atoms with Gasteiger partial charge in [0.15, 0.2) is 0 Å². The minimum atomic E-state index is -4.31. The first-order chi connectivity index (χ1) is 14.5. The van der Waals surface area contributed by atoms with Gasteiger partial charge in [-0.05, 0) is 49.2 Å². The molecule has 2 aromatic rings. The first-order valence-electron chi connectivity index (χ1n) is 9.19. The van der Waals surface area contributed by atoms with E-state index >= 15 is 0 Å². The molecule has 3 amide bonds. The molecule has 1 aliphatic heterocycles. The van der Waals surface area contributed by atoms with Crippen LogP contribution in [0.15, 0.2) is 41.3 Å². The summed E-state index contributed by atoms with van der Waals surface area (Å²) >= 11 is 0. The number of fused-ring (bicyclic) bond motifs is 1. The van der Waals surface area contributed by atoms with E-state index in [1.54, 1.807) is 6.92 Å². The summed E-state index contributed by atoms with van der Waals surface area (Å²) in [5.74, 6) is -3.64. The molecule has 8 nitrogen and oxygen atoms in total. The van der Waals surface area contributed by atoms with Gasteiger partial charge in [-0.15, -0.1) is 0 Å². The van der Waals surface area contributed by atoms with E-state index in [0.29, 0.717) is 9.87 Å². The summed E-state index contributed by atoms with van der Waals surface area (Å²) in [4.78, 5) is 36.3. The Balaban J connectivity index is 1.60. The van der Waals surface area contributed by atoms with Crippen molar-refractivity contribution in [2.24, 2.45) is 0 Å². The summed E-state index contributed by atoms with van der Waals surface area (Å²) in [5.41, 5.74) is 0.367. The van der Waals surface area contributed by atoms with E-state index < -0.39 is 58.5 Å². The molecule has 0 aromatic heterocycles. The fraction of sp³-hybridized carbons (Fsp3) is 0.250. The number of halogens is 2. The Bertz CT molecular complexity index is 1170. The number of rotatable bonds is 6. The van der Waals surface area contributed by atoms with Crippen LogP contribution >= 0.6 is 0 Å². The van der Waals surface area contributed by atoms with Crippen LogP contribution < -0.4 is 10.6 Å². The van der Waals surface area contributed by atoms with E-state index in [2.05, 4.69) is 10.6 Å². The lowest BCUT2D eigenvalue weighted by Crippen LogP contribution is -2.44. The Labute approximate surface area is 177 Å². The smallest absolute Gasteiger partial charge is 0.269 e. The van der Waals surface area contributed by atoms with Gasteiger partial charge in [-0.1, -0.05) is 12.1 Å². The fourth-order valence-electron chi connectivity index (χ4n) is 3.23. The maximum absolute atomic E-state index is 13.6. The molecule has 0 aliphatic carbocycles. The van der Waals surface area contributed by atoms with E-state index in [9.17, 15) is 31.6 Å². The predicted octanol–water partition coefficient (Wildman–Crippen LogP) is 1.41. The Morgan fingerprint density at radius 1 is 1.06 bits per heavy atom. The quantitative estimate of drug-likeness (QED) is 0.690. The number of carbonyl (C=O) groups is 3. The second-order valence-corrected chi connectivity index (χ2v) is 8.83. The standard InChI is InChI=1S/C20H19F2N3O5S/c1-11-7-15(22)8-16-19(11)31(29,30)25(20(16)28)10-18(27)23-9-17(26)24-12(2)13-3-5-14(21)6-4-13/h3-8,12H,9-10H2,1-2H3,(H,23,27)(H,24,26). The molecule has 1 atom stereocenters. The second-order valence-electron chi connectivity index (χ2n) is 7.03. The van der Waals surface area contributed by atoms with Crippen LogP contribution in [0, 0.1) is 18.6 Å². The average Bonchev–Trinajstić information content (AvgIpc) is 2.87. The minimum Gasteiger partial charge on any atom is -0.348 e. The summed E-state index contributed by atoms with van der Waals surface area (Å²) in [6, 6.07) is 6.84. The van der Waals surface area contributed by atoms with Crippen molar-refractivity contribution in [3.8, 4) is 0 Å². The zero-order valence-electron chi connectivity index (χ0n) is 16.6. The van der Waals surface area contributed by atoms with E-state index in [-0.39, 0.29) is 16.0 Å². The maximum Gasteiger partial charge on any atom is 0.269 e. The lowest BCUT2D eigenvalue weighted by molar-refractivity contribution is -0.126. The summed E-state index contributed by atoms with van der Waals surface area (Å²) in [5, 5.41) is 4.84. The van der Waals surface area contributed by atoms with Gasteiger partial charge in [-0.3, -0.25) is 14.4 Å². The summed E-state index contributed by atoms with van der Waals surface area (Å²) in [7, 11) is -4.31. The van der Waals surface area contributed by atoms with Gasteiger partial charge >= 0.3 is 0 Å². The third-order valence-electron chi connectivity index (χ3n) is 4.73. The zero-order valence-corrected chi connectivity index (χ0v) is 17.4. The lowest BCUT2D eigenvalue weighted by atomic mass is 10.1. The van der Waals surface area contributed by atoms with Gasteiger partial charge in [-0.2, -0.15) is 0 Å². The molecular formula is C20H19F2N3O5S. The molecular weight excluding hydrogens is 432 g/mol. The highest BCUT2D eigenvalue weighted by Crippen LogP contribution is 2.33. The molecule has 0 saturated carbocycles. The van der Waals surface area contributed by atoms with E-state index in [1.165, 1.54) is 31.2 Å². The van der Waals surface area contributed by atoms with Gasteiger partial charge in [0.05, 0.1) is 18.2 Å². The van der Waals surface area contributed by atoms with Crippen LogP contribution in [0.2, 0.25) is 0 Å². The van der Waals surface area contributed by atoms with Gasteiger partial charge in [0, 0.05) is 0 Å². The number of nitrogens with one attached hydrogen (secondary N) is 2. The number of sulfonamides is 1. The molecule has 164 valence electrons. The summed E-state index contributed by atoms with van der Waals surface area (Å²) < 4.78 is 52.2. The van der Waals surface area contributed by atoms with Crippen molar-refractivity contribution >= 4 is 27.7 Å². The number of amides is 3. The van der Waals surface area contributed by atoms with Gasteiger partial charge in [0.1, 0.15) is 23.1 Å². The molecule has 1 heterocycles. The zero-order chi connectivity index (χ0) is 22.9. The van der Waals surface area contributed by atoms with Gasteiger partial charge in [0.25, 0.3) is 15.9 Å². The Morgan fingerprint density at radius 2 is 1.71 bits per heavy atom. The second kappa shape index (κ2) is 8.42. The highest BCUT2D eigenvalue weighted by atomic mass is 32.2. The van der Waals surface area contributed by atoms with E-state index in [4.69, 9.17) is 0 Å². The fourth-order valence-corrected chi connectivity index (χ4v) is 4.95. The van der Waals surface area contributed by atoms with Crippen molar-refractivity contribution in [3.05, 3.63) is 64.7 Å². The highest BCUT2D eigenvalue weighted by Gasteiger charge is 2.43. The lowest BCUT2D eigenvalue weighted by Gasteiger charge is -2.16. The molecule has 3 rings (SSSR count). The van der Waals surface area contributed by atoms with Crippen LogP contribution in [0.4, 0.5) is 8.78 Å². The molecule has 11 heteroatoms. The number of aryl methyl sites for hydroxylation is 1. The third kappa shape index (κ3) is 4.55. The summed E-state index contributed by atoms with van der Waals surface area (Å²) in [6.07, 6.45) is 0. The van der Waals surface area contributed by atoms with Crippen molar-refractivity contribution < 1.29 is 31.6 Å². The SMILES string of the molecule is Cc1cc(F)cc2c1S(=O)(=O)N(CC(=O)NCC(=O)NC(C)c1ccc(F)cc1)C2=O. The molecule has 0 radical (unpaired) electrons. The third-order valence-corrected chi connectivity index (χ3v) is 6.66. The van der Waals surface area contributed by atoms with Crippen LogP contribution in [0.1, 0.15) is 34.5 Å². The topological polar surface area (TPSA) is 113 Å². The predicted molar refractivity (Wildman–Crippen MR) is 105 cm³/mol. The van der Waals surface area contributed by atoms with Crippen LogP contribution in [-0.2, 0) is 19.6 Å². The molecule has 0 saturated heterocycles. The molecule has 0 bridgehead atoms. The van der Waals surface area contributed by atoms with E-state index in [0.717, 1.165) is 12.1 Å². The largest absolute Gasteiger partial charge is 0.348 e. The average molecular weight is 451 g/mol. The number of nitrogens with zero attached hydrogens (tertiary/aromatic N) is 1. The van der Waals surface area contributed by atoms with Crippen molar-refractivity contribution in [2.45, 2.75) is 24.8 Å². The first-order valence-corrected chi connectivity index (χ1v) is 10.6. The van der Waals surface area contributed by atoms with Crippen molar-refractivity contribution in [1.29, 1.82) is 0 Å². The molecule has 2 aromatic carbocycles. The number of hydrogen-bond acceptors (Lipinski definition) is 5. The highest BCUT2D eigenvalue weighted by molar-refractivity contribution is 7.90. The van der Waals surface area contributed by atoms with Crippen LogP contribution in [0.25, 0.3) is 0 Å². The van der Waals surface area contributed by atoms with Gasteiger partial charge in [0.2, 0.25) is 11.8 Å². The van der Waals surface area contributed by atoms with Crippen LogP contribution in [0.5, 0.6) is 0 Å². The van der Waals surface area contributed by atoms with Crippen molar-refractivity contribution in [1.82, 2.24) is 14.9 Å². The summed E-state index contributed by atoms with van der Waals surface area (Å²) in [6.45, 7) is 1.70. The number of carbonyl (C=O) groups excluding carboxylic acids is 3. The molecule has 1 aliphatic rings. The molecule has 31 heavy (non-hydrogen) atoms. The Hall–Kier alpha value is -3.34. The Kier molecular flexibility index (Phi) is 6.07. The Morgan fingerprint density at radius 3 is 2.35 bits per heavy atom.